The zero-order valence-electron chi connectivity index (χ0n) is 9.73. The number of aromatic amines is 2. The molecule has 0 unspecified atom stereocenters. The van der Waals surface area contributed by atoms with Gasteiger partial charge in [-0.05, 0) is 0 Å². The second-order valence-corrected chi connectivity index (χ2v) is 3.59. The molecule has 1 aliphatic rings. The molecule has 0 bridgehead atoms. The van der Waals surface area contributed by atoms with Crippen LogP contribution in [0.2, 0.25) is 0 Å². The molecule has 6 N–H and O–H groups in total. The first-order valence-corrected chi connectivity index (χ1v) is 5.09. The fourth-order valence-corrected chi connectivity index (χ4v) is 1.32. The minimum Gasteiger partial charge on any atom is -0.493 e. The quantitative estimate of drug-likeness (QED) is 0.321. The maximum Gasteiger partial charge on any atom is 0.328 e. The van der Waals surface area contributed by atoms with E-state index in [1.807, 2.05) is 15.4 Å². The Labute approximate surface area is 109 Å². The first kappa shape index (κ1) is 13.1. The van der Waals surface area contributed by atoms with Gasteiger partial charge in [-0.15, -0.1) is 0 Å². The molecular weight excluding hydrogens is 272 g/mol. The number of H-pyrrole nitrogens is 2. The van der Waals surface area contributed by atoms with Crippen molar-refractivity contribution in [2.24, 2.45) is 5.10 Å². The molecule has 2 amide bonds. The molecule has 20 heavy (non-hydrogen) atoms. The van der Waals surface area contributed by atoms with Crippen LogP contribution in [-0.4, -0.2) is 32.6 Å². The lowest BCUT2D eigenvalue weighted by molar-refractivity contribution is -0.120. The number of nitrogens with one attached hydrogen (secondary N) is 5. The number of rotatable bonds is 2. The van der Waals surface area contributed by atoms with E-state index in [2.05, 4.69) is 22.3 Å². The minimum atomic E-state index is -0.975. The highest BCUT2D eigenvalue weighted by atomic mass is 16.3. The van der Waals surface area contributed by atoms with Gasteiger partial charge in [-0.2, -0.15) is 5.10 Å². The van der Waals surface area contributed by atoms with Crippen LogP contribution in [0.1, 0.15) is 0 Å². The number of carbonyl (C=O) groups excluding carboxylic acids is 2. The molecule has 1 aromatic heterocycles. The SMILES string of the molecule is C=C1NC(=O)C(=NNc2c(O)[nH]c(=O)[nH]c2=O)C(=O)N1. The molecule has 0 spiro atoms. The first-order valence-electron chi connectivity index (χ1n) is 5.09. The molecule has 11 heteroatoms. The van der Waals surface area contributed by atoms with Crippen LogP contribution < -0.4 is 27.3 Å². The number of anilines is 1. The number of hydrogen-bond donors (Lipinski definition) is 6. The van der Waals surface area contributed by atoms with Crippen LogP contribution in [0, 0.1) is 0 Å². The van der Waals surface area contributed by atoms with Crippen LogP contribution in [0.3, 0.4) is 0 Å². The van der Waals surface area contributed by atoms with Crippen molar-refractivity contribution in [1.82, 2.24) is 20.6 Å². The van der Waals surface area contributed by atoms with Gasteiger partial charge in [0.2, 0.25) is 11.6 Å². The molecule has 0 aromatic carbocycles. The second-order valence-electron chi connectivity index (χ2n) is 3.59. The van der Waals surface area contributed by atoms with Gasteiger partial charge >= 0.3 is 5.69 Å². The largest absolute Gasteiger partial charge is 0.493 e. The molecule has 0 aliphatic carbocycles. The Morgan fingerprint density at radius 2 is 1.65 bits per heavy atom. The van der Waals surface area contributed by atoms with Gasteiger partial charge in [0, 0.05) is 0 Å². The Hall–Kier alpha value is -3.37. The Balaban J connectivity index is 2.32. The average molecular weight is 280 g/mol. The van der Waals surface area contributed by atoms with Crippen LogP contribution in [-0.2, 0) is 9.59 Å². The predicted octanol–water partition coefficient (Wildman–Crippen LogP) is -2.75. The van der Waals surface area contributed by atoms with Crippen molar-refractivity contribution in [3.8, 4) is 5.88 Å². The van der Waals surface area contributed by atoms with Crippen molar-refractivity contribution in [3.63, 3.8) is 0 Å². The van der Waals surface area contributed by atoms with Gasteiger partial charge in [-0.3, -0.25) is 29.8 Å². The summed E-state index contributed by atoms with van der Waals surface area (Å²) in [6.45, 7) is 3.33. The lowest BCUT2D eigenvalue weighted by Gasteiger charge is -2.16. The molecule has 2 heterocycles. The van der Waals surface area contributed by atoms with Gasteiger partial charge in [-0.25, -0.2) is 4.79 Å². The van der Waals surface area contributed by atoms with Gasteiger partial charge in [0.25, 0.3) is 17.4 Å². The van der Waals surface area contributed by atoms with Crippen molar-refractivity contribution >= 4 is 23.2 Å². The summed E-state index contributed by atoms with van der Waals surface area (Å²) in [7, 11) is 0. The molecule has 1 aromatic rings. The van der Waals surface area contributed by atoms with E-state index >= 15 is 0 Å². The number of aromatic nitrogens is 2. The number of carbonyl (C=O) groups is 2. The maximum absolute atomic E-state index is 11.5. The molecule has 1 aliphatic heterocycles. The van der Waals surface area contributed by atoms with Crippen molar-refractivity contribution in [2.45, 2.75) is 0 Å². The molecule has 0 atom stereocenters. The summed E-state index contributed by atoms with van der Waals surface area (Å²) in [6.07, 6.45) is 0. The zero-order chi connectivity index (χ0) is 14.9. The van der Waals surface area contributed by atoms with Gasteiger partial charge in [-0.1, -0.05) is 6.58 Å². The van der Waals surface area contributed by atoms with E-state index in [4.69, 9.17) is 0 Å². The summed E-state index contributed by atoms with van der Waals surface area (Å²) < 4.78 is 0. The molecule has 2 rings (SSSR count). The number of hydrazone groups is 1. The lowest BCUT2D eigenvalue weighted by atomic mass is 10.3. The third-order valence-electron chi connectivity index (χ3n) is 2.16. The van der Waals surface area contributed by atoms with Crippen LogP contribution in [0.15, 0.2) is 27.1 Å². The van der Waals surface area contributed by atoms with Crippen LogP contribution >= 0.6 is 0 Å². The van der Waals surface area contributed by atoms with Crippen molar-refractivity contribution in [3.05, 3.63) is 33.2 Å². The van der Waals surface area contributed by atoms with E-state index in [9.17, 15) is 24.3 Å². The minimum absolute atomic E-state index is 0.0105. The van der Waals surface area contributed by atoms with Crippen molar-refractivity contribution < 1.29 is 14.7 Å². The van der Waals surface area contributed by atoms with E-state index in [0.29, 0.717) is 0 Å². The number of amides is 2. The van der Waals surface area contributed by atoms with Crippen molar-refractivity contribution in [2.75, 3.05) is 5.43 Å². The van der Waals surface area contributed by atoms with Crippen molar-refractivity contribution in [1.29, 1.82) is 0 Å². The third kappa shape index (κ3) is 2.40. The summed E-state index contributed by atoms with van der Waals surface area (Å²) in [5.41, 5.74) is -0.977. The summed E-state index contributed by atoms with van der Waals surface area (Å²) in [4.78, 5) is 48.8. The lowest BCUT2D eigenvalue weighted by Crippen LogP contribution is -2.51. The molecule has 1 fully saturated rings. The molecule has 104 valence electrons. The summed E-state index contributed by atoms with van der Waals surface area (Å²) >= 11 is 0. The van der Waals surface area contributed by atoms with Gasteiger partial charge in [0.15, 0.2) is 5.69 Å². The van der Waals surface area contributed by atoms with Crippen LogP contribution in [0.25, 0.3) is 0 Å². The second kappa shape index (κ2) is 4.72. The van der Waals surface area contributed by atoms with Gasteiger partial charge in [0.05, 0.1) is 0 Å². The van der Waals surface area contributed by atoms with Gasteiger partial charge in [0.1, 0.15) is 5.82 Å². The zero-order valence-corrected chi connectivity index (χ0v) is 9.73. The fraction of sp³-hybridized carbons (Fsp3) is 0. The van der Waals surface area contributed by atoms with Crippen LogP contribution in [0.5, 0.6) is 5.88 Å². The normalized spacial score (nSPS) is 14.6. The van der Waals surface area contributed by atoms with E-state index in [0.717, 1.165) is 0 Å². The van der Waals surface area contributed by atoms with Crippen LogP contribution in [0.4, 0.5) is 5.69 Å². The Morgan fingerprint density at radius 3 is 2.20 bits per heavy atom. The van der Waals surface area contributed by atoms with E-state index in [1.165, 1.54) is 0 Å². The van der Waals surface area contributed by atoms with E-state index in [-0.39, 0.29) is 5.82 Å². The highest BCUT2D eigenvalue weighted by molar-refractivity contribution is 6.66. The number of hydrogen-bond acceptors (Lipinski definition) is 7. The standard InChI is InChI=1S/C9H8N6O5/c1-2-10-5(16)3(6(17)11-2)14-15-4-7(18)12-9(20)13-8(4)19/h15H,1H2,(H,10,16)(H,11,17)(H3,12,13,18,19,20). The molecule has 0 saturated carbocycles. The smallest absolute Gasteiger partial charge is 0.328 e. The predicted molar refractivity (Wildman–Crippen MR) is 65.8 cm³/mol. The Bertz CT molecular complexity index is 735. The number of aromatic hydroxyl groups is 1. The highest BCUT2D eigenvalue weighted by Crippen LogP contribution is 2.11. The van der Waals surface area contributed by atoms with Gasteiger partial charge < -0.3 is 15.7 Å². The molecule has 0 radical (unpaired) electrons. The Kier molecular flexibility index (Phi) is 3.08. The summed E-state index contributed by atoms with van der Waals surface area (Å²) in [5, 5.41) is 17.1. The third-order valence-corrected chi connectivity index (χ3v) is 2.16. The fourth-order valence-electron chi connectivity index (χ4n) is 1.32. The average Bonchev–Trinajstić information content (AvgIpc) is 2.30. The molecule has 1 saturated heterocycles. The first-order chi connectivity index (χ1) is 9.38. The maximum atomic E-state index is 11.5. The summed E-state index contributed by atoms with van der Waals surface area (Å²) in [6, 6.07) is 0. The molecular formula is C9H8N6O5. The topological polar surface area (TPSA) is 169 Å². The highest BCUT2D eigenvalue weighted by Gasteiger charge is 2.27. The summed E-state index contributed by atoms with van der Waals surface area (Å²) in [5.74, 6) is -2.48. The van der Waals surface area contributed by atoms with E-state index < -0.39 is 40.3 Å². The monoisotopic (exact) mass is 280 g/mol. The molecule has 11 nitrogen and oxygen atoms in total. The number of nitrogens with zero attached hydrogens (tertiary/aromatic N) is 1. The van der Waals surface area contributed by atoms with E-state index in [1.54, 1.807) is 0 Å². The Morgan fingerprint density at radius 1 is 1.05 bits per heavy atom.